The smallest absolute Gasteiger partial charge is 0.123 e. The lowest BCUT2D eigenvalue weighted by Gasteiger charge is -2.19. The van der Waals surface area contributed by atoms with E-state index in [0.717, 1.165) is 17.1 Å². The molecule has 0 atom stereocenters. The number of nitrogens with zero attached hydrogens (tertiary/aromatic N) is 1. The highest BCUT2D eigenvalue weighted by Crippen LogP contribution is 2.24. The van der Waals surface area contributed by atoms with E-state index in [2.05, 4.69) is 11.4 Å². The van der Waals surface area contributed by atoms with E-state index in [-0.39, 0.29) is 0 Å². The molecule has 0 aliphatic carbocycles. The molecule has 0 aromatic heterocycles. The Labute approximate surface area is 102 Å². The Balaban J connectivity index is 2.85. The zero-order chi connectivity index (χ0) is 12.9. The van der Waals surface area contributed by atoms with Crippen molar-refractivity contribution < 1.29 is 9.47 Å². The van der Waals surface area contributed by atoms with Crippen LogP contribution in [-0.2, 0) is 6.54 Å². The van der Waals surface area contributed by atoms with E-state index in [1.165, 1.54) is 0 Å². The summed E-state index contributed by atoms with van der Waals surface area (Å²) in [5.74, 6) is 1.56. The topological polar surface area (TPSA) is 54.3 Å². The van der Waals surface area contributed by atoms with Crippen molar-refractivity contribution in [2.24, 2.45) is 0 Å². The summed E-state index contributed by atoms with van der Waals surface area (Å²) in [5, 5.41) is 12.1. The molecule has 0 saturated heterocycles. The predicted octanol–water partition coefficient (Wildman–Crippen LogP) is 2.10. The highest BCUT2D eigenvalue weighted by molar-refractivity contribution is 5.40. The number of hydrogen-bond acceptors (Lipinski definition) is 4. The van der Waals surface area contributed by atoms with Crippen LogP contribution in [0.15, 0.2) is 18.2 Å². The number of ether oxygens (including phenoxy) is 2. The van der Waals surface area contributed by atoms with E-state index in [9.17, 15) is 0 Å². The first kappa shape index (κ1) is 13.3. The van der Waals surface area contributed by atoms with Gasteiger partial charge < -0.3 is 9.47 Å². The van der Waals surface area contributed by atoms with Crippen LogP contribution in [0.1, 0.15) is 19.4 Å². The monoisotopic (exact) mass is 234 g/mol. The lowest BCUT2D eigenvalue weighted by Crippen LogP contribution is -2.37. The van der Waals surface area contributed by atoms with Gasteiger partial charge in [0.25, 0.3) is 0 Å². The van der Waals surface area contributed by atoms with E-state index in [1.54, 1.807) is 14.2 Å². The van der Waals surface area contributed by atoms with Gasteiger partial charge in [0.2, 0.25) is 0 Å². The molecule has 1 aromatic carbocycles. The Hall–Kier alpha value is -1.73. The zero-order valence-electron chi connectivity index (χ0n) is 10.7. The minimum atomic E-state index is -0.561. The third-order valence-corrected chi connectivity index (χ3v) is 2.49. The van der Waals surface area contributed by atoms with Crippen LogP contribution in [0.25, 0.3) is 0 Å². The molecule has 17 heavy (non-hydrogen) atoms. The molecule has 0 aliphatic rings. The highest BCUT2D eigenvalue weighted by atomic mass is 16.5. The second-order valence-corrected chi connectivity index (χ2v) is 4.27. The van der Waals surface area contributed by atoms with Gasteiger partial charge in [0, 0.05) is 12.1 Å². The molecule has 0 aliphatic heterocycles. The second kappa shape index (κ2) is 5.55. The van der Waals surface area contributed by atoms with Gasteiger partial charge in [-0.25, -0.2) is 0 Å². The van der Waals surface area contributed by atoms with E-state index in [0.29, 0.717) is 6.54 Å². The average Bonchev–Trinajstić information content (AvgIpc) is 2.36. The number of nitriles is 1. The molecular formula is C13H18N2O2. The molecule has 1 aromatic rings. The van der Waals surface area contributed by atoms with Crippen LogP contribution in [0.4, 0.5) is 0 Å². The normalized spacial score (nSPS) is 10.8. The Morgan fingerprint density at radius 1 is 1.29 bits per heavy atom. The van der Waals surface area contributed by atoms with Crippen molar-refractivity contribution in [3.05, 3.63) is 23.8 Å². The fourth-order valence-corrected chi connectivity index (χ4v) is 1.38. The van der Waals surface area contributed by atoms with Crippen molar-refractivity contribution in [2.75, 3.05) is 14.2 Å². The summed E-state index contributed by atoms with van der Waals surface area (Å²) in [6, 6.07) is 7.80. The van der Waals surface area contributed by atoms with Crippen LogP contribution in [0, 0.1) is 11.3 Å². The van der Waals surface area contributed by atoms with E-state index >= 15 is 0 Å². The zero-order valence-corrected chi connectivity index (χ0v) is 10.7. The molecule has 92 valence electrons. The van der Waals surface area contributed by atoms with Crippen molar-refractivity contribution >= 4 is 0 Å². The first-order valence-electron chi connectivity index (χ1n) is 5.39. The van der Waals surface area contributed by atoms with Gasteiger partial charge in [-0.3, -0.25) is 5.32 Å². The second-order valence-electron chi connectivity index (χ2n) is 4.27. The van der Waals surface area contributed by atoms with Crippen molar-refractivity contribution in [3.63, 3.8) is 0 Å². The first-order valence-corrected chi connectivity index (χ1v) is 5.39. The van der Waals surface area contributed by atoms with Crippen molar-refractivity contribution in [1.82, 2.24) is 5.32 Å². The third kappa shape index (κ3) is 3.65. The largest absolute Gasteiger partial charge is 0.497 e. The van der Waals surface area contributed by atoms with Gasteiger partial charge >= 0.3 is 0 Å². The maximum Gasteiger partial charge on any atom is 0.123 e. The highest BCUT2D eigenvalue weighted by Gasteiger charge is 2.16. The Morgan fingerprint density at radius 3 is 2.53 bits per heavy atom. The maximum atomic E-state index is 8.93. The van der Waals surface area contributed by atoms with Crippen LogP contribution in [0.5, 0.6) is 11.5 Å². The minimum absolute atomic E-state index is 0.556. The first-order chi connectivity index (χ1) is 8.02. The van der Waals surface area contributed by atoms with Crippen molar-refractivity contribution in [3.8, 4) is 17.6 Å². The molecule has 0 saturated carbocycles. The fourth-order valence-electron chi connectivity index (χ4n) is 1.38. The van der Waals surface area contributed by atoms with Crippen LogP contribution >= 0.6 is 0 Å². The third-order valence-electron chi connectivity index (χ3n) is 2.49. The minimum Gasteiger partial charge on any atom is -0.497 e. The SMILES string of the molecule is COc1ccc(OC)c(CNC(C)(C)C#N)c1. The molecule has 1 rings (SSSR count). The lowest BCUT2D eigenvalue weighted by molar-refractivity contribution is 0.392. The molecule has 0 unspecified atom stereocenters. The molecule has 0 amide bonds. The van der Waals surface area contributed by atoms with Crippen LogP contribution in [0.2, 0.25) is 0 Å². The van der Waals surface area contributed by atoms with Crippen LogP contribution in [0.3, 0.4) is 0 Å². The van der Waals surface area contributed by atoms with Gasteiger partial charge in [0.05, 0.1) is 20.3 Å². The molecule has 0 bridgehead atoms. The molecule has 0 radical (unpaired) electrons. The number of methoxy groups -OCH3 is 2. The molecule has 4 nitrogen and oxygen atoms in total. The Bertz CT molecular complexity index is 422. The molecule has 0 heterocycles. The van der Waals surface area contributed by atoms with Gasteiger partial charge in [-0.1, -0.05) is 0 Å². The van der Waals surface area contributed by atoms with Gasteiger partial charge in [0.1, 0.15) is 17.0 Å². The van der Waals surface area contributed by atoms with Crippen molar-refractivity contribution in [2.45, 2.75) is 25.9 Å². The number of benzene rings is 1. The predicted molar refractivity (Wildman–Crippen MR) is 66.1 cm³/mol. The standard InChI is InChI=1S/C13H18N2O2/c1-13(2,9-14)15-8-10-7-11(16-3)5-6-12(10)17-4/h5-7,15H,8H2,1-4H3. The quantitative estimate of drug-likeness (QED) is 0.847. The number of rotatable bonds is 5. The number of nitrogens with one attached hydrogen (secondary N) is 1. The summed E-state index contributed by atoms with van der Waals surface area (Å²) in [4.78, 5) is 0. The summed E-state index contributed by atoms with van der Waals surface area (Å²) in [6.07, 6.45) is 0. The van der Waals surface area contributed by atoms with Crippen LogP contribution < -0.4 is 14.8 Å². The van der Waals surface area contributed by atoms with Crippen LogP contribution in [-0.4, -0.2) is 19.8 Å². The van der Waals surface area contributed by atoms with Gasteiger partial charge in [0.15, 0.2) is 0 Å². The van der Waals surface area contributed by atoms with E-state index < -0.39 is 5.54 Å². The molecule has 0 spiro atoms. The molecule has 4 heteroatoms. The van der Waals surface area contributed by atoms with E-state index in [4.69, 9.17) is 14.7 Å². The molecule has 1 N–H and O–H groups in total. The Morgan fingerprint density at radius 2 is 2.00 bits per heavy atom. The van der Waals surface area contributed by atoms with Gasteiger partial charge in [-0.15, -0.1) is 0 Å². The maximum absolute atomic E-state index is 8.93. The fraction of sp³-hybridized carbons (Fsp3) is 0.462. The molecular weight excluding hydrogens is 216 g/mol. The summed E-state index contributed by atoms with van der Waals surface area (Å²) >= 11 is 0. The summed E-state index contributed by atoms with van der Waals surface area (Å²) in [5.41, 5.74) is 0.406. The average molecular weight is 234 g/mol. The van der Waals surface area contributed by atoms with E-state index in [1.807, 2.05) is 32.0 Å². The lowest BCUT2D eigenvalue weighted by atomic mass is 10.1. The number of hydrogen-bond donors (Lipinski definition) is 1. The summed E-state index contributed by atoms with van der Waals surface area (Å²) < 4.78 is 10.4. The Kier molecular flexibility index (Phi) is 4.36. The molecule has 0 fully saturated rings. The summed E-state index contributed by atoms with van der Waals surface area (Å²) in [7, 11) is 3.25. The summed E-state index contributed by atoms with van der Waals surface area (Å²) in [6.45, 7) is 4.22. The van der Waals surface area contributed by atoms with Gasteiger partial charge in [-0.05, 0) is 32.0 Å². The van der Waals surface area contributed by atoms with Gasteiger partial charge in [-0.2, -0.15) is 5.26 Å². The van der Waals surface area contributed by atoms with Crippen molar-refractivity contribution in [1.29, 1.82) is 5.26 Å².